The van der Waals surface area contributed by atoms with Gasteiger partial charge in [0.15, 0.2) is 0 Å². The van der Waals surface area contributed by atoms with E-state index in [1.54, 1.807) is 0 Å². The molecule has 0 radical (unpaired) electrons. The number of hydrogen-bond acceptors (Lipinski definition) is 2. The summed E-state index contributed by atoms with van der Waals surface area (Å²) in [5.41, 5.74) is 0. The van der Waals surface area contributed by atoms with Gasteiger partial charge in [0.2, 0.25) is 0 Å². The lowest BCUT2D eigenvalue weighted by molar-refractivity contribution is 0.284. The third-order valence-electron chi connectivity index (χ3n) is 3.46. The number of unbranched alkanes of at least 4 members (excludes halogenated alkanes) is 3. The number of benzene rings is 2. The van der Waals surface area contributed by atoms with Crippen LogP contribution in [0.3, 0.4) is 0 Å². The molecule has 0 unspecified atom stereocenters. The van der Waals surface area contributed by atoms with E-state index in [1.165, 1.54) is 0 Å². The quantitative estimate of drug-likeness (QED) is 0.239. The Kier molecular flexibility index (Phi) is 10.5. The summed E-state index contributed by atoms with van der Waals surface area (Å²) < 4.78 is 17.5. The summed E-state index contributed by atoms with van der Waals surface area (Å²) in [5, 5.41) is 0. The van der Waals surface area contributed by atoms with Crippen molar-refractivity contribution in [2.75, 3.05) is 13.2 Å². The first-order chi connectivity index (χ1) is 12.4. The van der Waals surface area contributed by atoms with Crippen LogP contribution in [0, 0.1) is 0 Å². The van der Waals surface area contributed by atoms with Gasteiger partial charge in [0, 0.05) is 8.95 Å². The van der Waals surface area contributed by atoms with Crippen LogP contribution in [0.15, 0.2) is 51.1 Å². The van der Waals surface area contributed by atoms with E-state index in [9.17, 15) is 0 Å². The van der Waals surface area contributed by atoms with Crippen molar-refractivity contribution in [2.45, 2.75) is 25.7 Å². The van der Waals surface area contributed by atoms with Crippen molar-refractivity contribution in [1.82, 2.24) is 0 Å². The normalized spacial score (nSPS) is 10.8. The van der Waals surface area contributed by atoms with Crippen molar-refractivity contribution in [2.24, 2.45) is 0 Å². The molecule has 142 valence electrons. The number of ether oxygens (including phenoxy) is 2. The molecule has 0 atom stereocenters. The molecule has 0 saturated carbocycles. The SMILES string of the molecule is Brc1cc(Br)c(OCCCCCCOc2c(Br)cc(Br)cc2Br)c(Br)c1. The Balaban J connectivity index is 1.63. The first-order valence-electron chi connectivity index (χ1n) is 7.93. The molecular formula is C18H16Br6O2. The lowest BCUT2D eigenvalue weighted by atomic mass is 10.2. The minimum atomic E-state index is 0.698. The Labute approximate surface area is 204 Å². The summed E-state index contributed by atoms with van der Waals surface area (Å²) in [6.07, 6.45) is 4.25. The van der Waals surface area contributed by atoms with Gasteiger partial charge in [0.1, 0.15) is 11.5 Å². The molecule has 0 saturated heterocycles. The molecule has 0 amide bonds. The predicted molar refractivity (Wildman–Crippen MR) is 129 cm³/mol. The Morgan fingerprint density at radius 1 is 0.500 bits per heavy atom. The fraction of sp³-hybridized carbons (Fsp3) is 0.333. The highest BCUT2D eigenvalue weighted by Crippen LogP contribution is 2.37. The van der Waals surface area contributed by atoms with Crippen molar-refractivity contribution >= 4 is 95.6 Å². The molecule has 0 heterocycles. The molecule has 2 nitrogen and oxygen atoms in total. The van der Waals surface area contributed by atoms with Crippen LogP contribution in [0.1, 0.15) is 25.7 Å². The van der Waals surface area contributed by atoms with Gasteiger partial charge >= 0.3 is 0 Å². The van der Waals surface area contributed by atoms with Crippen LogP contribution >= 0.6 is 95.6 Å². The fourth-order valence-corrected chi connectivity index (χ4v) is 7.22. The molecule has 26 heavy (non-hydrogen) atoms. The molecular weight excluding hydrogens is 728 g/mol. The summed E-state index contributed by atoms with van der Waals surface area (Å²) in [6, 6.07) is 7.93. The number of halogens is 6. The van der Waals surface area contributed by atoms with Gasteiger partial charge in [-0.1, -0.05) is 31.9 Å². The largest absolute Gasteiger partial charge is 0.491 e. The zero-order valence-electron chi connectivity index (χ0n) is 13.6. The summed E-state index contributed by atoms with van der Waals surface area (Å²) >= 11 is 21.0. The first kappa shape index (κ1) is 23.2. The van der Waals surface area contributed by atoms with Crippen LogP contribution in [0.5, 0.6) is 11.5 Å². The van der Waals surface area contributed by atoms with Crippen molar-refractivity contribution in [3.8, 4) is 11.5 Å². The topological polar surface area (TPSA) is 18.5 Å². The van der Waals surface area contributed by atoms with E-state index in [0.717, 1.165) is 64.0 Å². The average molecular weight is 744 g/mol. The van der Waals surface area contributed by atoms with Gasteiger partial charge in [-0.15, -0.1) is 0 Å². The second kappa shape index (κ2) is 11.8. The average Bonchev–Trinajstić information content (AvgIpc) is 2.53. The van der Waals surface area contributed by atoms with E-state index in [2.05, 4.69) is 95.6 Å². The standard InChI is InChI=1S/C18H16Br6O2/c19-11-7-13(21)17(14(22)8-11)25-5-3-1-2-4-6-26-18-15(23)9-12(20)10-16(18)24/h7-10H,1-6H2. The van der Waals surface area contributed by atoms with Crippen LogP contribution in [0.4, 0.5) is 0 Å². The summed E-state index contributed by atoms with van der Waals surface area (Å²) in [5.74, 6) is 1.70. The molecule has 0 aromatic heterocycles. The Morgan fingerprint density at radius 2 is 0.808 bits per heavy atom. The zero-order valence-corrected chi connectivity index (χ0v) is 23.2. The third kappa shape index (κ3) is 7.39. The van der Waals surface area contributed by atoms with Crippen LogP contribution in [0.25, 0.3) is 0 Å². The molecule has 8 heteroatoms. The highest BCUT2D eigenvalue weighted by Gasteiger charge is 2.09. The third-order valence-corrected chi connectivity index (χ3v) is 6.73. The Morgan fingerprint density at radius 3 is 1.12 bits per heavy atom. The molecule has 2 aromatic carbocycles. The molecule has 0 N–H and O–H groups in total. The summed E-state index contributed by atoms with van der Waals surface area (Å²) in [6.45, 7) is 1.40. The van der Waals surface area contributed by atoms with Crippen LogP contribution in [0.2, 0.25) is 0 Å². The van der Waals surface area contributed by atoms with Crippen molar-refractivity contribution in [1.29, 1.82) is 0 Å². The molecule has 0 aliphatic heterocycles. The molecule has 2 rings (SSSR count). The maximum Gasteiger partial charge on any atom is 0.147 e. The Bertz CT molecular complexity index is 641. The Hall–Kier alpha value is 0.920. The molecule has 0 aliphatic carbocycles. The maximum atomic E-state index is 5.88. The second-order valence-electron chi connectivity index (χ2n) is 5.51. The monoisotopic (exact) mass is 738 g/mol. The lowest BCUT2D eigenvalue weighted by Gasteiger charge is -2.12. The molecule has 0 spiro atoms. The van der Waals surface area contributed by atoms with Crippen LogP contribution in [-0.4, -0.2) is 13.2 Å². The highest BCUT2D eigenvalue weighted by atomic mass is 79.9. The van der Waals surface area contributed by atoms with Crippen molar-refractivity contribution < 1.29 is 9.47 Å². The van der Waals surface area contributed by atoms with E-state index in [0.29, 0.717) is 13.2 Å². The summed E-state index contributed by atoms with van der Waals surface area (Å²) in [4.78, 5) is 0. The lowest BCUT2D eigenvalue weighted by Crippen LogP contribution is -2.01. The van der Waals surface area contributed by atoms with Gasteiger partial charge in [0.05, 0.1) is 31.1 Å². The second-order valence-corrected chi connectivity index (χ2v) is 10.8. The highest BCUT2D eigenvalue weighted by molar-refractivity contribution is 9.12. The zero-order chi connectivity index (χ0) is 19.1. The van der Waals surface area contributed by atoms with Gasteiger partial charge < -0.3 is 9.47 Å². The maximum absolute atomic E-state index is 5.88. The molecule has 0 fully saturated rings. The van der Waals surface area contributed by atoms with Crippen LogP contribution < -0.4 is 9.47 Å². The first-order valence-corrected chi connectivity index (χ1v) is 12.7. The van der Waals surface area contributed by atoms with Gasteiger partial charge in [0.25, 0.3) is 0 Å². The van der Waals surface area contributed by atoms with E-state index < -0.39 is 0 Å². The van der Waals surface area contributed by atoms with Gasteiger partial charge in [-0.2, -0.15) is 0 Å². The van der Waals surface area contributed by atoms with Gasteiger partial charge in [-0.05, 0) is 114 Å². The smallest absolute Gasteiger partial charge is 0.147 e. The number of rotatable bonds is 9. The fourth-order valence-electron chi connectivity index (χ4n) is 2.24. The minimum Gasteiger partial charge on any atom is -0.491 e. The van der Waals surface area contributed by atoms with Gasteiger partial charge in [-0.3, -0.25) is 0 Å². The van der Waals surface area contributed by atoms with E-state index in [4.69, 9.17) is 9.47 Å². The summed E-state index contributed by atoms with van der Waals surface area (Å²) in [7, 11) is 0. The van der Waals surface area contributed by atoms with Crippen molar-refractivity contribution in [3.05, 3.63) is 51.1 Å². The van der Waals surface area contributed by atoms with E-state index in [1.807, 2.05) is 24.3 Å². The molecule has 0 bridgehead atoms. The molecule has 0 aliphatic rings. The van der Waals surface area contributed by atoms with Crippen molar-refractivity contribution in [3.63, 3.8) is 0 Å². The predicted octanol–water partition coefficient (Wildman–Crippen LogP) is 9.28. The number of hydrogen-bond donors (Lipinski definition) is 0. The van der Waals surface area contributed by atoms with Gasteiger partial charge in [-0.25, -0.2) is 0 Å². The van der Waals surface area contributed by atoms with Crippen LogP contribution in [-0.2, 0) is 0 Å². The van der Waals surface area contributed by atoms with E-state index in [-0.39, 0.29) is 0 Å². The van der Waals surface area contributed by atoms with E-state index >= 15 is 0 Å². The minimum absolute atomic E-state index is 0.698. The molecule has 2 aromatic rings.